The molecule has 2 N–H and O–H groups in total. The molecule has 0 saturated carbocycles. The van der Waals surface area contributed by atoms with E-state index in [0.717, 1.165) is 0 Å². The molecule has 1 aromatic carbocycles. The summed E-state index contributed by atoms with van der Waals surface area (Å²) in [5.41, 5.74) is 0.712. The van der Waals surface area contributed by atoms with Crippen LogP contribution in [0.1, 0.15) is 12.0 Å². The van der Waals surface area contributed by atoms with Crippen molar-refractivity contribution in [1.82, 2.24) is 4.90 Å². The first kappa shape index (κ1) is 15.4. The number of carboxylic acids is 1. The van der Waals surface area contributed by atoms with Crippen LogP contribution in [0.5, 0.6) is 5.75 Å². The highest BCUT2D eigenvalue weighted by Crippen LogP contribution is 2.27. The molecule has 0 radical (unpaired) electrons. The number of hydrogen-bond acceptors (Lipinski definition) is 3. The van der Waals surface area contributed by atoms with E-state index in [4.69, 9.17) is 6.42 Å². The van der Waals surface area contributed by atoms with Crippen LogP contribution in [0.25, 0.3) is 0 Å². The Kier molecular flexibility index (Phi) is 4.53. The number of carbonyl (C=O) groups is 2. The molecule has 0 bridgehead atoms. The van der Waals surface area contributed by atoms with Crippen molar-refractivity contribution >= 4 is 27.8 Å². The van der Waals surface area contributed by atoms with Crippen LogP contribution in [-0.4, -0.2) is 39.6 Å². The van der Waals surface area contributed by atoms with Gasteiger partial charge in [0.2, 0.25) is 5.91 Å². The number of halogens is 1. The number of carboxylic acid groups (broad SMARTS) is 1. The van der Waals surface area contributed by atoms with Crippen molar-refractivity contribution in [2.24, 2.45) is 5.92 Å². The van der Waals surface area contributed by atoms with Gasteiger partial charge in [0, 0.05) is 25.3 Å². The third-order valence-electron chi connectivity index (χ3n) is 3.50. The van der Waals surface area contributed by atoms with Crippen molar-refractivity contribution in [3.8, 4) is 18.1 Å². The van der Waals surface area contributed by atoms with E-state index < -0.39 is 12.0 Å². The van der Waals surface area contributed by atoms with Crippen LogP contribution in [0.2, 0.25) is 0 Å². The van der Waals surface area contributed by atoms with Crippen LogP contribution >= 0.6 is 15.9 Å². The topological polar surface area (TPSA) is 77.8 Å². The molecule has 1 saturated heterocycles. The fourth-order valence-electron chi connectivity index (χ4n) is 2.38. The highest BCUT2D eigenvalue weighted by Gasteiger charge is 2.37. The predicted octanol–water partition coefficient (Wildman–Crippen LogP) is 1.63. The van der Waals surface area contributed by atoms with Crippen molar-refractivity contribution in [3.63, 3.8) is 0 Å². The van der Waals surface area contributed by atoms with Gasteiger partial charge in [0.05, 0.1) is 4.47 Å². The van der Waals surface area contributed by atoms with E-state index in [0.29, 0.717) is 10.0 Å². The molecule has 2 atom stereocenters. The van der Waals surface area contributed by atoms with Crippen LogP contribution in [0.4, 0.5) is 0 Å². The lowest BCUT2D eigenvalue weighted by Crippen LogP contribution is -2.43. The van der Waals surface area contributed by atoms with Gasteiger partial charge in [-0.3, -0.25) is 4.79 Å². The molecule has 5 nitrogen and oxygen atoms in total. The van der Waals surface area contributed by atoms with Crippen LogP contribution in [0, 0.1) is 18.3 Å². The summed E-state index contributed by atoms with van der Waals surface area (Å²) in [6, 6.07) is 3.81. The summed E-state index contributed by atoms with van der Waals surface area (Å²) < 4.78 is 0.485. The average molecular weight is 352 g/mol. The molecule has 0 aliphatic carbocycles. The second kappa shape index (κ2) is 6.19. The average Bonchev–Trinajstić information content (AvgIpc) is 2.80. The van der Waals surface area contributed by atoms with Gasteiger partial charge in [0.15, 0.2) is 0 Å². The normalized spacial score (nSPS) is 19.3. The third kappa shape index (κ3) is 3.37. The number of carbonyl (C=O) groups excluding carboxylic acids is 1. The number of terminal acetylenes is 1. The summed E-state index contributed by atoms with van der Waals surface area (Å²) in [7, 11) is 0. The second-order valence-corrected chi connectivity index (χ2v) is 5.81. The van der Waals surface area contributed by atoms with Crippen molar-refractivity contribution in [1.29, 1.82) is 0 Å². The van der Waals surface area contributed by atoms with Gasteiger partial charge in [-0.2, -0.15) is 0 Å². The number of phenols is 1. The number of benzene rings is 1. The van der Waals surface area contributed by atoms with Gasteiger partial charge in [-0.15, -0.1) is 12.3 Å². The molecular formula is C15H14BrNO4. The minimum Gasteiger partial charge on any atom is -0.507 e. The van der Waals surface area contributed by atoms with Gasteiger partial charge in [-0.05, 0) is 33.6 Å². The highest BCUT2D eigenvalue weighted by molar-refractivity contribution is 9.10. The molecule has 2 rings (SSSR count). The number of aliphatic carboxylic acids is 1. The first-order valence-corrected chi connectivity index (χ1v) is 7.17. The largest absolute Gasteiger partial charge is 0.507 e. The lowest BCUT2D eigenvalue weighted by atomic mass is 10.0. The van der Waals surface area contributed by atoms with E-state index in [1.54, 1.807) is 12.1 Å². The van der Waals surface area contributed by atoms with Gasteiger partial charge < -0.3 is 15.1 Å². The number of nitrogens with zero attached hydrogens (tertiary/aromatic N) is 1. The van der Waals surface area contributed by atoms with E-state index in [9.17, 15) is 19.8 Å². The van der Waals surface area contributed by atoms with Gasteiger partial charge in [-0.25, -0.2) is 4.79 Å². The Hall–Kier alpha value is -2.00. The quantitative estimate of drug-likeness (QED) is 0.808. The maximum Gasteiger partial charge on any atom is 0.326 e. The lowest BCUT2D eigenvalue weighted by molar-refractivity contribution is -0.148. The van der Waals surface area contributed by atoms with Gasteiger partial charge >= 0.3 is 5.97 Å². The van der Waals surface area contributed by atoms with Crippen LogP contribution in [0.3, 0.4) is 0 Å². The van der Waals surface area contributed by atoms with Gasteiger partial charge in [0.1, 0.15) is 11.8 Å². The maximum absolute atomic E-state index is 11.9. The molecular weight excluding hydrogens is 338 g/mol. The minimum absolute atomic E-state index is 0.0790. The molecule has 1 unspecified atom stereocenters. The molecule has 21 heavy (non-hydrogen) atoms. The Morgan fingerprint density at radius 3 is 2.81 bits per heavy atom. The summed E-state index contributed by atoms with van der Waals surface area (Å²) in [4.78, 5) is 24.7. The fourth-order valence-corrected chi connectivity index (χ4v) is 2.80. The number of likely N-dealkylation sites (tertiary alicyclic amines) is 1. The van der Waals surface area contributed by atoms with E-state index in [2.05, 4.69) is 21.9 Å². The van der Waals surface area contributed by atoms with E-state index in [1.165, 1.54) is 11.0 Å². The van der Waals surface area contributed by atoms with E-state index in [1.807, 2.05) is 0 Å². The van der Waals surface area contributed by atoms with Crippen molar-refractivity contribution in [2.45, 2.75) is 18.9 Å². The summed E-state index contributed by atoms with van der Waals surface area (Å²) >= 11 is 3.18. The molecule has 0 aromatic heterocycles. The molecule has 1 aliphatic rings. The maximum atomic E-state index is 11.9. The number of phenolic OH excluding ortho intramolecular Hbond substituents is 1. The summed E-state index contributed by atoms with van der Waals surface area (Å²) in [5, 5.41) is 18.8. The number of aromatic hydroxyl groups is 1. The molecule has 6 heteroatoms. The molecule has 1 fully saturated rings. The predicted molar refractivity (Wildman–Crippen MR) is 79.6 cm³/mol. The first-order chi connectivity index (χ1) is 9.92. The lowest BCUT2D eigenvalue weighted by Gasteiger charge is -2.24. The number of amides is 1. The first-order valence-electron chi connectivity index (χ1n) is 6.38. The Morgan fingerprint density at radius 1 is 1.57 bits per heavy atom. The SMILES string of the molecule is C#CC1CC(=O)N([C@@H](Cc2ccc(O)c(Br)c2)C(=O)O)C1. The summed E-state index contributed by atoms with van der Waals surface area (Å²) in [6.07, 6.45) is 5.67. The Morgan fingerprint density at radius 2 is 2.29 bits per heavy atom. The molecule has 110 valence electrons. The third-order valence-corrected chi connectivity index (χ3v) is 4.13. The zero-order valence-electron chi connectivity index (χ0n) is 11.1. The summed E-state index contributed by atoms with van der Waals surface area (Å²) in [5.74, 6) is 1.05. The van der Waals surface area contributed by atoms with Crippen molar-refractivity contribution in [3.05, 3.63) is 28.2 Å². The number of rotatable bonds is 4. The van der Waals surface area contributed by atoms with Gasteiger partial charge in [-0.1, -0.05) is 6.07 Å². The zero-order chi connectivity index (χ0) is 15.6. The second-order valence-electron chi connectivity index (χ2n) is 4.96. The minimum atomic E-state index is -1.06. The zero-order valence-corrected chi connectivity index (χ0v) is 12.7. The molecule has 1 amide bonds. The van der Waals surface area contributed by atoms with Crippen molar-refractivity contribution in [2.75, 3.05) is 6.54 Å². The molecule has 0 spiro atoms. The number of hydrogen-bond donors (Lipinski definition) is 2. The summed E-state index contributed by atoms with van der Waals surface area (Å²) in [6.45, 7) is 0.269. The van der Waals surface area contributed by atoms with Crippen molar-refractivity contribution < 1.29 is 19.8 Å². The standard InChI is InChI=1S/C15H14BrNO4/c1-2-9-7-14(19)17(8-9)12(15(20)21)6-10-3-4-13(18)11(16)5-10/h1,3-5,9,12,18H,6-8H2,(H,20,21)/t9?,12-/m0/s1. The van der Waals surface area contributed by atoms with Gasteiger partial charge in [0.25, 0.3) is 0 Å². The fraction of sp³-hybridized carbons (Fsp3) is 0.333. The molecule has 1 aromatic rings. The van der Waals surface area contributed by atoms with E-state index in [-0.39, 0.29) is 37.0 Å². The van der Waals surface area contributed by atoms with E-state index >= 15 is 0 Å². The smallest absolute Gasteiger partial charge is 0.326 e. The Bertz CT molecular complexity index is 623. The van der Waals surface area contributed by atoms with Crippen LogP contribution in [-0.2, 0) is 16.0 Å². The molecule has 1 heterocycles. The molecule has 1 aliphatic heterocycles. The Balaban J connectivity index is 2.20. The Labute approximate surface area is 130 Å². The van der Waals surface area contributed by atoms with Crippen LogP contribution in [0.15, 0.2) is 22.7 Å². The highest BCUT2D eigenvalue weighted by atomic mass is 79.9. The monoisotopic (exact) mass is 351 g/mol. The van der Waals surface area contributed by atoms with Crippen LogP contribution < -0.4 is 0 Å².